The summed E-state index contributed by atoms with van der Waals surface area (Å²) in [7, 11) is 3.16. The van der Waals surface area contributed by atoms with Gasteiger partial charge >= 0.3 is 0 Å². The van der Waals surface area contributed by atoms with Crippen molar-refractivity contribution in [1.82, 2.24) is 10.4 Å². The highest BCUT2D eigenvalue weighted by Crippen LogP contribution is 2.33. The van der Waals surface area contributed by atoms with Gasteiger partial charge in [-0.2, -0.15) is 0 Å². The van der Waals surface area contributed by atoms with Gasteiger partial charge in [0.05, 0.1) is 26.9 Å². The van der Waals surface area contributed by atoms with Crippen molar-refractivity contribution in [3.05, 3.63) is 59.7 Å². The summed E-state index contributed by atoms with van der Waals surface area (Å²) in [6, 6.07) is 14.8. The van der Waals surface area contributed by atoms with Crippen molar-refractivity contribution in [2.45, 2.75) is 19.2 Å². The van der Waals surface area contributed by atoms with Gasteiger partial charge in [0.15, 0.2) is 0 Å². The number of benzene rings is 2. The Morgan fingerprint density at radius 1 is 1.14 bits per heavy atom. The van der Waals surface area contributed by atoms with E-state index in [-0.39, 0.29) is 18.6 Å². The topological polar surface area (TPSA) is 77.1 Å². The third-order valence-electron chi connectivity index (χ3n) is 4.86. The largest absolute Gasteiger partial charge is 0.497 e. The maximum Gasteiger partial charge on any atom is 0.258 e. The second-order valence-corrected chi connectivity index (χ2v) is 7.46. The molecule has 1 aliphatic rings. The fraction of sp³-hybridized carbons (Fsp3) is 0.333. The lowest BCUT2D eigenvalue weighted by molar-refractivity contribution is -0.166. The van der Waals surface area contributed by atoms with Crippen molar-refractivity contribution in [3.8, 4) is 11.5 Å². The molecule has 3 rings (SSSR count). The van der Waals surface area contributed by atoms with E-state index >= 15 is 0 Å². The summed E-state index contributed by atoms with van der Waals surface area (Å²) in [6.45, 7) is 0.615. The number of rotatable bonds is 9. The van der Waals surface area contributed by atoms with Crippen LogP contribution >= 0.6 is 22.6 Å². The molecule has 2 aromatic rings. The number of hydrogen-bond donors (Lipinski definition) is 1. The molecule has 7 nitrogen and oxygen atoms in total. The van der Waals surface area contributed by atoms with E-state index in [1.165, 1.54) is 0 Å². The number of halogens is 1. The summed E-state index contributed by atoms with van der Waals surface area (Å²) >= 11 is 2.19. The van der Waals surface area contributed by atoms with Crippen LogP contribution < -0.4 is 15.0 Å². The van der Waals surface area contributed by atoms with E-state index in [1.807, 2.05) is 42.5 Å². The quantitative estimate of drug-likeness (QED) is 0.185. The van der Waals surface area contributed by atoms with Gasteiger partial charge in [0.25, 0.3) is 5.91 Å². The lowest BCUT2D eigenvalue weighted by Gasteiger charge is -2.45. The molecule has 1 fully saturated rings. The average Bonchev–Trinajstić information content (AvgIpc) is 2.75. The molecule has 0 radical (unpaired) electrons. The normalized spacial score (nSPS) is 18.2. The molecule has 154 valence electrons. The number of carbonyl (C=O) groups is 2. The third kappa shape index (κ3) is 4.81. The molecule has 8 heteroatoms. The molecule has 2 aromatic carbocycles. The van der Waals surface area contributed by atoms with Gasteiger partial charge < -0.3 is 14.4 Å². The van der Waals surface area contributed by atoms with E-state index in [1.54, 1.807) is 25.2 Å². The van der Waals surface area contributed by atoms with Crippen molar-refractivity contribution in [2.24, 2.45) is 5.92 Å². The zero-order valence-electron chi connectivity index (χ0n) is 16.3. The number of alkyl halides is 1. The van der Waals surface area contributed by atoms with Gasteiger partial charge in [-0.25, -0.2) is 5.48 Å². The van der Waals surface area contributed by atoms with Gasteiger partial charge in [0.2, 0.25) is 5.91 Å². The maximum absolute atomic E-state index is 12.7. The van der Waals surface area contributed by atoms with E-state index in [0.29, 0.717) is 22.5 Å². The molecular formula is C21H23IN2O5. The fourth-order valence-electron chi connectivity index (χ4n) is 3.25. The second-order valence-electron chi connectivity index (χ2n) is 6.58. The first-order valence-corrected chi connectivity index (χ1v) is 10.6. The number of hydroxylamine groups is 1. The Bertz CT molecular complexity index is 861. The summed E-state index contributed by atoms with van der Waals surface area (Å²) in [4.78, 5) is 32.1. The van der Waals surface area contributed by atoms with Gasteiger partial charge in [-0.3, -0.25) is 14.4 Å². The second kappa shape index (κ2) is 9.93. The molecule has 29 heavy (non-hydrogen) atoms. The van der Waals surface area contributed by atoms with Crippen molar-refractivity contribution in [3.63, 3.8) is 0 Å². The van der Waals surface area contributed by atoms with Gasteiger partial charge in [0.1, 0.15) is 17.4 Å². The van der Waals surface area contributed by atoms with Gasteiger partial charge in [-0.1, -0.05) is 52.9 Å². The van der Waals surface area contributed by atoms with E-state index in [9.17, 15) is 9.59 Å². The molecule has 0 saturated carbocycles. The highest BCUT2D eigenvalue weighted by atomic mass is 127. The van der Waals surface area contributed by atoms with Crippen LogP contribution in [0.2, 0.25) is 0 Å². The number of hydrogen-bond acceptors (Lipinski definition) is 5. The van der Waals surface area contributed by atoms with Crippen LogP contribution in [0.25, 0.3) is 0 Å². The Morgan fingerprint density at radius 3 is 2.55 bits per heavy atom. The molecule has 1 heterocycles. The summed E-state index contributed by atoms with van der Waals surface area (Å²) in [6.07, 6.45) is 0. The lowest BCUT2D eigenvalue weighted by atomic mass is 9.87. The number of carbonyl (C=O) groups excluding carboxylic acids is 2. The minimum absolute atomic E-state index is 0.199. The Labute approximate surface area is 183 Å². The summed E-state index contributed by atoms with van der Waals surface area (Å²) < 4.78 is 11.3. The first kappa shape index (κ1) is 21.4. The number of nitrogens with zero attached hydrogens (tertiary/aromatic N) is 1. The van der Waals surface area contributed by atoms with E-state index in [0.717, 1.165) is 11.1 Å². The van der Waals surface area contributed by atoms with Crippen LogP contribution in [0.4, 0.5) is 0 Å². The minimum Gasteiger partial charge on any atom is -0.497 e. The molecule has 0 bridgehead atoms. The molecule has 0 spiro atoms. The highest BCUT2D eigenvalue weighted by Gasteiger charge is 2.51. The van der Waals surface area contributed by atoms with E-state index in [2.05, 4.69) is 28.1 Å². The standard InChI is InChI=1S/C21H23IN2O5/c1-27-16-9-8-15(18(10-16)28-2)12-24-17(11-22)19(21(24)26)20(25)23-29-13-14-6-4-3-5-7-14/h3-10,17,19H,11-13H2,1-2H3,(H,23,25). The lowest BCUT2D eigenvalue weighted by Crippen LogP contribution is -2.65. The number of β-lactam (4-membered cyclic amide) rings is 1. The van der Waals surface area contributed by atoms with Gasteiger partial charge in [-0.15, -0.1) is 0 Å². The van der Waals surface area contributed by atoms with Crippen molar-refractivity contribution in [1.29, 1.82) is 0 Å². The summed E-state index contributed by atoms with van der Waals surface area (Å²) in [5, 5.41) is 0. The van der Waals surface area contributed by atoms with Crippen LogP contribution in [-0.2, 0) is 27.6 Å². The van der Waals surface area contributed by atoms with Crippen LogP contribution in [0.3, 0.4) is 0 Å². The van der Waals surface area contributed by atoms with Crippen molar-refractivity contribution < 1.29 is 23.9 Å². The number of ether oxygens (including phenoxy) is 2. The first-order valence-electron chi connectivity index (χ1n) is 9.12. The smallest absolute Gasteiger partial charge is 0.258 e. The predicted molar refractivity (Wildman–Crippen MR) is 116 cm³/mol. The SMILES string of the molecule is COc1ccc(CN2C(=O)C(C(=O)NOCc3ccccc3)C2CI)c(OC)c1. The monoisotopic (exact) mass is 510 g/mol. The first-order chi connectivity index (χ1) is 14.1. The summed E-state index contributed by atoms with van der Waals surface area (Å²) in [5.41, 5.74) is 4.21. The molecule has 2 unspecified atom stereocenters. The number of methoxy groups -OCH3 is 2. The zero-order chi connectivity index (χ0) is 20.8. The Balaban J connectivity index is 1.60. The van der Waals surface area contributed by atoms with Gasteiger partial charge in [0, 0.05) is 22.6 Å². The van der Waals surface area contributed by atoms with Crippen LogP contribution in [0.5, 0.6) is 11.5 Å². The summed E-state index contributed by atoms with van der Waals surface area (Å²) in [5.74, 6) is -0.0509. The van der Waals surface area contributed by atoms with Crippen molar-refractivity contribution >= 4 is 34.4 Å². The number of likely N-dealkylation sites (tertiary alicyclic amines) is 1. The van der Waals surface area contributed by atoms with Crippen molar-refractivity contribution in [2.75, 3.05) is 18.6 Å². The van der Waals surface area contributed by atoms with E-state index in [4.69, 9.17) is 14.3 Å². The highest BCUT2D eigenvalue weighted by molar-refractivity contribution is 14.1. The molecule has 0 aromatic heterocycles. The Hall–Kier alpha value is -2.33. The third-order valence-corrected chi connectivity index (χ3v) is 5.77. The number of nitrogens with one attached hydrogen (secondary N) is 1. The molecule has 2 amide bonds. The zero-order valence-corrected chi connectivity index (χ0v) is 18.4. The predicted octanol–water partition coefficient (Wildman–Crippen LogP) is 2.71. The Morgan fingerprint density at radius 2 is 1.90 bits per heavy atom. The average molecular weight is 510 g/mol. The van der Waals surface area contributed by atoms with E-state index < -0.39 is 11.8 Å². The molecule has 1 aliphatic heterocycles. The van der Waals surface area contributed by atoms with Crippen LogP contribution in [0, 0.1) is 5.92 Å². The fourth-order valence-corrected chi connectivity index (χ4v) is 4.24. The minimum atomic E-state index is -0.744. The molecule has 1 saturated heterocycles. The molecule has 2 atom stereocenters. The van der Waals surface area contributed by atoms with Crippen LogP contribution in [0.15, 0.2) is 48.5 Å². The van der Waals surface area contributed by atoms with Crippen LogP contribution in [0.1, 0.15) is 11.1 Å². The van der Waals surface area contributed by atoms with Gasteiger partial charge in [-0.05, 0) is 17.7 Å². The Kier molecular flexibility index (Phi) is 7.32. The maximum atomic E-state index is 12.7. The van der Waals surface area contributed by atoms with Crippen LogP contribution in [-0.4, -0.2) is 41.4 Å². The molecular weight excluding hydrogens is 487 g/mol. The number of amides is 2. The molecule has 0 aliphatic carbocycles. The molecule has 1 N–H and O–H groups in total.